The van der Waals surface area contributed by atoms with Crippen LogP contribution in [0.1, 0.15) is 53.1 Å². The summed E-state index contributed by atoms with van der Waals surface area (Å²) in [5.74, 6) is -0.305. The molecule has 0 fully saturated rings. The third-order valence-corrected chi connectivity index (χ3v) is 7.08. The van der Waals surface area contributed by atoms with Gasteiger partial charge in [-0.25, -0.2) is 4.39 Å². The molecule has 1 aliphatic rings. The number of fused-ring (bicyclic) bond motifs is 1. The van der Waals surface area contributed by atoms with Crippen molar-refractivity contribution in [3.8, 4) is 17.0 Å². The zero-order valence-corrected chi connectivity index (χ0v) is 21.7. The predicted octanol–water partition coefficient (Wildman–Crippen LogP) is 7.64. The normalized spacial score (nSPS) is 15.1. The lowest BCUT2D eigenvalue weighted by Gasteiger charge is -2.30. The smallest absolute Gasteiger partial charge is 0.261 e. The number of rotatable bonds is 5. The number of benzene rings is 2. The highest BCUT2D eigenvalue weighted by Crippen LogP contribution is 2.48. The van der Waals surface area contributed by atoms with Crippen LogP contribution in [0.5, 0.6) is 5.75 Å². The number of hydrogen-bond donors (Lipinski definition) is 0. The van der Waals surface area contributed by atoms with Gasteiger partial charge in [0.1, 0.15) is 11.8 Å². The molecule has 1 amide bonds. The van der Waals surface area contributed by atoms with Crippen molar-refractivity contribution in [2.24, 2.45) is 0 Å². The van der Waals surface area contributed by atoms with E-state index in [1.165, 1.54) is 11.0 Å². The summed E-state index contributed by atoms with van der Waals surface area (Å²) < 4.78 is 23.0. The van der Waals surface area contributed by atoms with E-state index in [1.54, 1.807) is 43.8 Å². The molecule has 36 heavy (non-hydrogen) atoms. The van der Waals surface area contributed by atoms with Crippen molar-refractivity contribution in [3.05, 3.63) is 99.2 Å². The molecule has 0 N–H and O–H groups in total. The van der Waals surface area contributed by atoms with E-state index in [9.17, 15) is 4.79 Å². The number of aromatic nitrogens is 2. The zero-order valence-electron chi connectivity index (χ0n) is 20.2. The third kappa shape index (κ3) is 3.76. The van der Waals surface area contributed by atoms with Crippen molar-refractivity contribution < 1.29 is 13.9 Å². The molecule has 0 aliphatic carbocycles. The molecule has 1 atom stereocenters. The SMILES string of the molecule is COc1ccncc1-c1cc2c(n1C(C)C)C(c1ccc(Cl)cc1C)N(c1cccc(Cl)c1F)C2=O. The summed E-state index contributed by atoms with van der Waals surface area (Å²) in [6, 6.07) is 13.2. The van der Waals surface area contributed by atoms with E-state index in [1.807, 2.05) is 39.0 Å². The number of carbonyl (C=O) groups is 1. The van der Waals surface area contributed by atoms with E-state index in [2.05, 4.69) is 9.55 Å². The van der Waals surface area contributed by atoms with Gasteiger partial charge in [0.05, 0.1) is 40.3 Å². The molecular formula is C28H24Cl2FN3O2. The Morgan fingerprint density at radius 1 is 1.08 bits per heavy atom. The third-order valence-electron chi connectivity index (χ3n) is 6.55. The Hall–Kier alpha value is -3.35. The number of aryl methyl sites for hydroxylation is 1. The fraction of sp³-hybridized carbons (Fsp3) is 0.214. The number of pyridine rings is 1. The van der Waals surface area contributed by atoms with Crippen LogP contribution in [-0.2, 0) is 0 Å². The lowest BCUT2D eigenvalue weighted by atomic mass is 9.98. The second-order valence-corrected chi connectivity index (χ2v) is 9.86. The summed E-state index contributed by atoms with van der Waals surface area (Å²) in [4.78, 5) is 19.8. The van der Waals surface area contributed by atoms with Crippen LogP contribution < -0.4 is 9.64 Å². The number of carbonyl (C=O) groups excluding carboxylic acids is 1. The Morgan fingerprint density at radius 2 is 1.86 bits per heavy atom. The summed E-state index contributed by atoms with van der Waals surface area (Å²) in [5, 5.41) is 0.539. The van der Waals surface area contributed by atoms with Gasteiger partial charge in [0, 0.05) is 23.5 Å². The molecule has 3 heterocycles. The number of anilines is 1. The first kappa shape index (κ1) is 24.3. The van der Waals surface area contributed by atoms with Gasteiger partial charge in [-0.15, -0.1) is 0 Å². The zero-order chi connectivity index (χ0) is 25.7. The molecule has 0 radical (unpaired) electrons. The highest BCUT2D eigenvalue weighted by atomic mass is 35.5. The summed E-state index contributed by atoms with van der Waals surface area (Å²) in [6.45, 7) is 6.03. The van der Waals surface area contributed by atoms with Crippen molar-refractivity contribution in [2.75, 3.05) is 12.0 Å². The fourth-order valence-electron chi connectivity index (χ4n) is 5.03. The van der Waals surface area contributed by atoms with Gasteiger partial charge in [0.25, 0.3) is 5.91 Å². The Labute approximate surface area is 219 Å². The predicted molar refractivity (Wildman–Crippen MR) is 141 cm³/mol. The highest BCUT2D eigenvalue weighted by molar-refractivity contribution is 6.31. The van der Waals surface area contributed by atoms with Gasteiger partial charge in [0.2, 0.25) is 0 Å². The summed E-state index contributed by atoms with van der Waals surface area (Å²) in [6.07, 6.45) is 3.39. The van der Waals surface area contributed by atoms with Crippen LogP contribution in [0.25, 0.3) is 11.3 Å². The minimum atomic E-state index is -0.639. The van der Waals surface area contributed by atoms with E-state index >= 15 is 4.39 Å². The van der Waals surface area contributed by atoms with Crippen molar-refractivity contribution >= 4 is 34.8 Å². The first-order chi connectivity index (χ1) is 17.2. The van der Waals surface area contributed by atoms with Gasteiger partial charge in [-0.05, 0) is 68.3 Å². The first-order valence-corrected chi connectivity index (χ1v) is 12.3. The Balaban J connectivity index is 1.83. The van der Waals surface area contributed by atoms with Gasteiger partial charge in [-0.1, -0.05) is 35.3 Å². The summed E-state index contributed by atoms with van der Waals surface area (Å²) >= 11 is 12.4. The van der Waals surface area contributed by atoms with Gasteiger partial charge in [0.15, 0.2) is 5.82 Å². The molecule has 0 bridgehead atoms. The molecule has 5 rings (SSSR count). The van der Waals surface area contributed by atoms with Crippen LogP contribution in [0.2, 0.25) is 10.0 Å². The molecule has 4 aromatic rings. The average Bonchev–Trinajstić information content (AvgIpc) is 3.36. The van der Waals surface area contributed by atoms with Crippen LogP contribution in [0, 0.1) is 12.7 Å². The number of hydrogen-bond acceptors (Lipinski definition) is 3. The van der Waals surface area contributed by atoms with Crippen molar-refractivity contribution in [1.82, 2.24) is 9.55 Å². The van der Waals surface area contributed by atoms with Gasteiger partial charge >= 0.3 is 0 Å². The molecule has 0 saturated carbocycles. The van der Waals surface area contributed by atoms with E-state index < -0.39 is 11.9 Å². The monoisotopic (exact) mass is 523 g/mol. The van der Waals surface area contributed by atoms with Crippen LogP contribution in [0.3, 0.4) is 0 Å². The number of methoxy groups -OCH3 is 1. The number of amides is 1. The molecule has 1 aliphatic heterocycles. The van der Waals surface area contributed by atoms with Crippen molar-refractivity contribution in [3.63, 3.8) is 0 Å². The second kappa shape index (κ2) is 9.26. The standard InChI is InChI=1S/C28H24Cl2FN3O2/c1-15(2)33-23(20-14-32-11-10-24(20)36-4)13-19-27(33)26(18-9-8-17(29)12-16(18)3)34(28(19)35)22-7-5-6-21(30)25(22)31/h5-15,26H,1-4H3. The lowest BCUT2D eigenvalue weighted by Crippen LogP contribution is -2.31. The molecule has 1 unspecified atom stereocenters. The van der Waals surface area contributed by atoms with Crippen LogP contribution in [-0.4, -0.2) is 22.6 Å². The molecule has 0 spiro atoms. The largest absolute Gasteiger partial charge is 0.496 e. The topological polar surface area (TPSA) is 47.4 Å². The van der Waals surface area contributed by atoms with Gasteiger partial charge in [-0.3, -0.25) is 14.7 Å². The molecule has 0 saturated heterocycles. The van der Waals surface area contributed by atoms with E-state index in [0.717, 1.165) is 28.1 Å². The molecule has 184 valence electrons. The maximum Gasteiger partial charge on any atom is 0.261 e. The van der Waals surface area contributed by atoms with Gasteiger partial charge < -0.3 is 9.30 Å². The summed E-state index contributed by atoms with van der Waals surface area (Å²) in [7, 11) is 1.60. The fourth-order valence-corrected chi connectivity index (χ4v) is 5.43. The Morgan fingerprint density at radius 3 is 2.56 bits per heavy atom. The van der Waals surface area contributed by atoms with E-state index in [0.29, 0.717) is 16.3 Å². The van der Waals surface area contributed by atoms with Crippen LogP contribution in [0.15, 0.2) is 60.9 Å². The van der Waals surface area contributed by atoms with E-state index in [-0.39, 0.29) is 22.7 Å². The first-order valence-electron chi connectivity index (χ1n) is 11.5. The Kier molecular flexibility index (Phi) is 6.27. The lowest BCUT2D eigenvalue weighted by molar-refractivity contribution is 0.0992. The maximum atomic E-state index is 15.3. The minimum Gasteiger partial charge on any atom is -0.496 e. The average molecular weight is 524 g/mol. The van der Waals surface area contributed by atoms with Crippen molar-refractivity contribution in [1.29, 1.82) is 0 Å². The number of nitrogens with zero attached hydrogens (tertiary/aromatic N) is 3. The molecule has 5 nitrogen and oxygen atoms in total. The molecular weight excluding hydrogens is 500 g/mol. The quantitative estimate of drug-likeness (QED) is 0.270. The summed E-state index contributed by atoms with van der Waals surface area (Å²) in [5.41, 5.74) is 4.68. The van der Waals surface area contributed by atoms with Crippen LogP contribution >= 0.6 is 23.2 Å². The molecule has 8 heteroatoms. The van der Waals surface area contributed by atoms with Crippen molar-refractivity contribution in [2.45, 2.75) is 32.9 Å². The minimum absolute atomic E-state index is 0.0271. The van der Waals surface area contributed by atoms with E-state index in [4.69, 9.17) is 27.9 Å². The maximum absolute atomic E-state index is 15.3. The number of halogens is 3. The Bertz CT molecular complexity index is 1500. The van der Waals surface area contributed by atoms with Gasteiger partial charge in [-0.2, -0.15) is 0 Å². The number of ether oxygens (including phenoxy) is 1. The molecule has 2 aromatic heterocycles. The van der Waals surface area contributed by atoms with Crippen LogP contribution in [0.4, 0.5) is 10.1 Å². The second-order valence-electron chi connectivity index (χ2n) is 9.02. The molecule has 2 aromatic carbocycles. The highest BCUT2D eigenvalue weighted by Gasteiger charge is 2.45.